The summed E-state index contributed by atoms with van der Waals surface area (Å²) in [6.45, 7) is 0. The van der Waals surface area contributed by atoms with Crippen molar-refractivity contribution < 1.29 is 4.79 Å². The lowest BCUT2D eigenvalue weighted by atomic mass is 9.88. The highest BCUT2D eigenvalue weighted by molar-refractivity contribution is 5.93. The Morgan fingerprint density at radius 1 is 1.06 bits per heavy atom. The van der Waals surface area contributed by atoms with Gasteiger partial charge in [-0.2, -0.15) is 0 Å². The summed E-state index contributed by atoms with van der Waals surface area (Å²) in [6, 6.07) is 10.1. The van der Waals surface area contributed by atoms with E-state index in [1.807, 2.05) is 35.0 Å². The van der Waals surface area contributed by atoms with Crippen LogP contribution in [0, 0.1) is 5.92 Å². The Hall–Kier alpha value is -1.57. The lowest BCUT2D eigenvalue weighted by Gasteiger charge is -2.20. The minimum atomic E-state index is 0.236. The summed E-state index contributed by atoms with van der Waals surface area (Å²) in [5.41, 5.74) is 1.04. The first kappa shape index (κ1) is 10.6. The molecule has 0 amide bonds. The van der Waals surface area contributed by atoms with Crippen molar-refractivity contribution in [2.24, 2.45) is 5.92 Å². The molecule has 1 aliphatic carbocycles. The quantitative estimate of drug-likeness (QED) is 0.725. The summed E-state index contributed by atoms with van der Waals surface area (Å²) < 4.78 is 1.84. The molecule has 1 aromatic carbocycles. The molecule has 1 aromatic heterocycles. The summed E-state index contributed by atoms with van der Waals surface area (Å²) in [7, 11) is 0. The first-order chi connectivity index (χ1) is 8.36. The molecule has 2 nitrogen and oxygen atoms in total. The third-order valence-electron chi connectivity index (χ3n) is 3.79. The number of hydrogen-bond donors (Lipinski definition) is 0. The van der Waals surface area contributed by atoms with Crippen LogP contribution < -0.4 is 0 Å². The van der Waals surface area contributed by atoms with Gasteiger partial charge < -0.3 is 0 Å². The van der Waals surface area contributed by atoms with Crippen LogP contribution in [0.15, 0.2) is 36.5 Å². The minimum absolute atomic E-state index is 0.236. The van der Waals surface area contributed by atoms with E-state index >= 15 is 0 Å². The second-order valence-corrected chi connectivity index (χ2v) is 4.92. The van der Waals surface area contributed by atoms with Crippen LogP contribution in [0.5, 0.6) is 0 Å². The molecular weight excluding hydrogens is 210 g/mol. The molecule has 1 fully saturated rings. The summed E-state index contributed by atoms with van der Waals surface area (Å²) in [5.74, 6) is 0.519. The molecule has 0 spiro atoms. The SMILES string of the molecule is O=C(C1CCCCC1)n1ccc2ccccc21. The van der Waals surface area contributed by atoms with E-state index in [9.17, 15) is 4.79 Å². The van der Waals surface area contributed by atoms with Gasteiger partial charge in [-0.15, -0.1) is 0 Å². The molecule has 0 N–H and O–H groups in total. The highest BCUT2D eigenvalue weighted by Crippen LogP contribution is 2.26. The monoisotopic (exact) mass is 227 g/mol. The van der Waals surface area contributed by atoms with E-state index < -0.39 is 0 Å². The number of rotatable bonds is 1. The zero-order valence-corrected chi connectivity index (χ0v) is 9.93. The third kappa shape index (κ3) is 1.88. The van der Waals surface area contributed by atoms with Crippen molar-refractivity contribution in [3.05, 3.63) is 36.5 Å². The fraction of sp³-hybridized carbons (Fsp3) is 0.400. The number of aromatic nitrogens is 1. The summed E-state index contributed by atoms with van der Waals surface area (Å²) in [5, 5.41) is 1.15. The van der Waals surface area contributed by atoms with Crippen molar-refractivity contribution >= 4 is 16.8 Å². The van der Waals surface area contributed by atoms with E-state index in [0.717, 1.165) is 23.7 Å². The number of benzene rings is 1. The molecule has 3 rings (SSSR count). The van der Waals surface area contributed by atoms with Crippen molar-refractivity contribution in [2.75, 3.05) is 0 Å². The van der Waals surface area contributed by atoms with Gasteiger partial charge >= 0.3 is 0 Å². The van der Waals surface area contributed by atoms with Crippen LogP contribution in [0.1, 0.15) is 36.9 Å². The number of hydrogen-bond acceptors (Lipinski definition) is 1. The maximum absolute atomic E-state index is 12.4. The van der Waals surface area contributed by atoms with Crippen molar-refractivity contribution in [3.63, 3.8) is 0 Å². The van der Waals surface area contributed by atoms with Gasteiger partial charge in [0.25, 0.3) is 0 Å². The standard InChI is InChI=1S/C15H17NO/c17-15(13-7-2-1-3-8-13)16-11-10-12-6-4-5-9-14(12)16/h4-6,9-11,13H,1-3,7-8H2. The van der Waals surface area contributed by atoms with Crippen LogP contribution in [0.2, 0.25) is 0 Å². The molecular formula is C15H17NO. The molecule has 2 heteroatoms. The smallest absolute Gasteiger partial charge is 0.234 e. The van der Waals surface area contributed by atoms with E-state index in [0.29, 0.717) is 0 Å². The molecule has 0 atom stereocenters. The van der Waals surface area contributed by atoms with E-state index in [1.165, 1.54) is 19.3 Å². The molecule has 0 radical (unpaired) electrons. The fourth-order valence-corrected chi connectivity index (χ4v) is 2.82. The van der Waals surface area contributed by atoms with Crippen molar-refractivity contribution in [3.8, 4) is 0 Å². The first-order valence-electron chi connectivity index (χ1n) is 6.46. The van der Waals surface area contributed by atoms with Gasteiger partial charge in [-0.25, -0.2) is 0 Å². The van der Waals surface area contributed by atoms with Gasteiger partial charge in [-0.1, -0.05) is 37.5 Å². The first-order valence-corrected chi connectivity index (χ1v) is 6.46. The van der Waals surface area contributed by atoms with Crippen molar-refractivity contribution in [1.82, 2.24) is 4.57 Å². The fourth-order valence-electron chi connectivity index (χ4n) is 2.82. The van der Waals surface area contributed by atoms with Gasteiger partial charge in [0.2, 0.25) is 5.91 Å². The summed E-state index contributed by atoms with van der Waals surface area (Å²) >= 11 is 0. The predicted octanol–water partition coefficient (Wildman–Crippen LogP) is 3.86. The normalized spacial score (nSPS) is 17.4. The Bertz CT molecular complexity index is 535. The topological polar surface area (TPSA) is 22.0 Å². The number of nitrogens with zero attached hydrogens (tertiary/aromatic N) is 1. The average Bonchev–Trinajstić information content (AvgIpc) is 2.83. The molecule has 0 saturated heterocycles. The van der Waals surface area contributed by atoms with Gasteiger partial charge in [-0.05, 0) is 25.0 Å². The molecule has 2 aromatic rings. The van der Waals surface area contributed by atoms with Gasteiger partial charge in [-0.3, -0.25) is 9.36 Å². The highest BCUT2D eigenvalue weighted by atomic mass is 16.2. The number of para-hydroxylation sites is 1. The second kappa shape index (κ2) is 4.36. The molecule has 88 valence electrons. The molecule has 1 saturated carbocycles. The van der Waals surface area contributed by atoms with E-state index in [-0.39, 0.29) is 11.8 Å². The molecule has 1 aliphatic rings. The Morgan fingerprint density at radius 2 is 1.82 bits per heavy atom. The summed E-state index contributed by atoms with van der Waals surface area (Å²) in [4.78, 5) is 12.4. The Balaban J connectivity index is 1.95. The van der Waals surface area contributed by atoms with Crippen molar-refractivity contribution in [1.29, 1.82) is 0 Å². The third-order valence-corrected chi connectivity index (χ3v) is 3.79. The highest BCUT2D eigenvalue weighted by Gasteiger charge is 2.22. The largest absolute Gasteiger partial charge is 0.287 e. The molecule has 17 heavy (non-hydrogen) atoms. The Kier molecular flexibility index (Phi) is 2.71. The lowest BCUT2D eigenvalue weighted by Crippen LogP contribution is -2.23. The van der Waals surface area contributed by atoms with E-state index in [2.05, 4.69) is 6.07 Å². The van der Waals surface area contributed by atoms with Crippen LogP contribution in [0.3, 0.4) is 0 Å². The maximum Gasteiger partial charge on any atom is 0.234 e. The number of carbonyl (C=O) groups excluding carboxylic acids is 1. The van der Waals surface area contributed by atoms with Gasteiger partial charge in [0.15, 0.2) is 0 Å². The van der Waals surface area contributed by atoms with Crippen LogP contribution >= 0.6 is 0 Å². The Labute approximate surface area is 101 Å². The van der Waals surface area contributed by atoms with E-state index in [4.69, 9.17) is 0 Å². The molecule has 0 unspecified atom stereocenters. The van der Waals surface area contributed by atoms with E-state index in [1.54, 1.807) is 0 Å². The summed E-state index contributed by atoms with van der Waals surface area (Å²) in [6.07, 6.45) is 7.74. The maximum atomic E-state index is 12.4. The van der Waals surface area contributed by atoms with Crippen molar-refractivity contribution in [2.45, 2.75) is 32.1 Å². The van der Waals surface area contributed by atoms with Gasteiger partial charge in [0.05, 0.1) is 5.52 Å². The molecule has 0 aliphatic heterocycles. The average molecular weight is 227 g/mol. The van der Waals surface area contributed by atoms with Gasteiger partial charge in [0.1, 0.15) is 0 Å². The predicted molar refractivity (Wildman–Crippen MR) is 69.1 cm³/mol. The molecule has 1 heterocycles. The lowest BCUT2D eigenvalue weighted by molar-refractivity contribution is 0.0807. The minimum Gasteiger partial charge on any atom is -0.287 e. The number of fused-ring (bicyclic) bond motifs is 1. The molecule has 0 bridgehead atoms. The zero-order valence-electron chi connectivity index (χ0n) is 9.93. The zero-order chi connectivity index (χ0) is 11.7. The number of carbonyl (C=O) groups is 1. The van der Waals surface area contributed by atoms with Crippen LogP contribution in [-0.2, 0) is 0 Å². The van der Waals surface area contributed by atoms with Crippen LogP contribution in [0.25, 0.3) is 10.9 Å². The Morgan fingerprint density at radius 3 is 2.65 bits per heavy atom. The van der Waals surface area contributed by atoms with Gasteiger partial charge in [0, 0.05) is 17.5 Å². The van der Waals surface area contributed by atoms with Crippen LogP contribution in [-0.4, -0.2) is 10.5 Å². The second-order valence-electron chi connectivity index (χ2n) is 4.92. The van der Waals surface area contributed by atoms with Crippen LogP contribution in [0.4, 0.5) is 0 Å².